The molecular weight excluding hydrogens is 114 g/mol. The molecule has 1 aliphatic rings. The van der Waals surface area contributed by atoms with Crippen molar-refractivity contribution in [2.75, 3.05) is 13.1 Å². The predicted molar refractivity (Wildman–Crippen MR) is 38.0 cm³/mol. The zero-order valence-corrected chi connectivity index (χ0v) is 5.93. The van der Waals surface area contributed by atoms with Crippen molar-refractivity contribution < 1.29 is 4.74 Å². The molecular formula is C7H15NO. The van der Waals surface area contributed by atoms with Gasteiger partial charge in [0.1, 0.15) is 6.10 Å². The van der Waals surface area contributed by atoms with Crippen molar-refractivity contribution in [1.29, 1.82) is 0 Å². The number of aliphatic hydroxyl groups is 2. The number of ether oxygens (including phenoxy) is 1. The van der Waals surface area contributed by atoms with E-state index in [2.05, 4.69) is 24.1 Å². The summed E-state index contributed by atoms with van der Waals surface area (Å²) in [6, 6.07) is 0. The molecule has 1 saturated heterocycles. The molecule has 2 N–H and O–H groups in total. The normalized spacial score (nSPS) is 36.7. The fourth-order valence-electron chi connectivity index (χ4n) is 1.27. The van der Waals surface area contributed by atoms with Gasteiger partial charge in [-0.1, -0.05) is 14.0 Å². The van der Waals surface area contributed by atoms with Crippen LogP contribution in [0.2, 0.25) is 0 Å². The fourth-order valence-corrected chi connectivity index (χ4v) is 1.27. The molecule has 0 aromatic carbocycles. The second-order valence-corrected chi connectivity index (χ2v) is 2.72. The molecule has 0 aliphatic carbocycles. The summed E-state index contributed by atoms with van der Waals surface area (Å²) in [6.45, 7) is 4.42. The van der Waals surface area contributed by atoms with Crippen LogP contribution in [0.5, 0.6) is 0 Å². The molecule has 1 rings (SSSR count). The topological polar surface area (TPSA) is 24.8 Å². The van der Waals surface area contributed by atoms with Gasteiger partial charge in [-0.3, -0.25) is 0 Å². The number of rotatable bonds is 1. The molecule has 54 valence electrons. The van der Waals surface area contributed by atoms with Crippen LogP contribution in [0.25, 0.3) is 0 Å². The Morgan fingerprint density at radius 3 is 2.89 bits per heavy atom. The van der Waals surface area contributed by atoms with Gasteiger partial charge >= 0.3 is 0 Å². The Kier molecular flexibility index (Phi) is 2.49. The maximum absolute atomic E-state index is 4.04. The van der Waals surface area contributed by atoms with Crippen LogP contribution in [-0.4, -0.2) is 23.9 Å². The molecule has 1 aliphatic heterocycles. The maximum Gasteiger partial charge on any atom is 0.134 e. The van der Waals surface area contributed by atoms with Gasteiger partial charge in [0.2, 0.25) is 0 Å². The highest BCUT2D eigenvalue weighted by atomic mass is 16.5. The van der Waals surface area contributed by atoms with Crippen LogP contribution in [-0.2, 0) is 0 Å². The predicted octanol–water partition coefficient (Wildman–Crippen LogP) is 0.304. The molecule has 0 bridgehead atoms. The van der Waals surface area contributed by atoms with Crippen molar-refractivity contribution in [2.24, 2.45) is 5.92 Å². The van der Waals surface area contributed by atoms with Crippen molar-refractivity contribution in [1.82, 2.24) is 5.32 Å². The van der Waals surface area contributed by atoms with Gasteiger partial charge in [-0.2, -0.15) is 0 Å². The average Bonchev–Trinajstić information content (AvgIpc) is 1.89. The second kappa shape index (κ2) is 3.18. The first-order chi connectivity index (χ1) is 4.34. The fraction of sp³-hybridized carbons (Fsp3) is 0.857. The number of piperidine rings is 1. The van der Waals surface area contributed by atoms with Crippen LogP contribution in [0.1, 0.15) is 13.3 Å². The molecule has 1 fully saturated rings. The molecule has 2 nitrogen and oxygen atoms in total. The standard InChI is InChI=1S/C7H15NO/c1-6-5-8-4-3-7(6)9-2/h6-9H,2-5H2,1H3. The SMILES string of the molecule is [CH2-][OH+]C1CCNCC1C. The van der Waals surface area contributed by atoms with Gasteiger partial charge in [-0.25, -0.2) is 0 Å². The summed E-state index contributed by atoms with van der Waals surface area (Å²) in [5.41, 5.74) is 0. The van der Waals surface area contributed by atoms with Gasteiger partial charge in [0, 0.05) is 25.4 Å². The van der Waals surface area contributed by atoms with Gasteiger partial charge in [-0.15, -0.1) is 0 Å². The van der Waals surface area contributed by atoms with E-state index in [-0.39, 0.29) is 0 Å². The third-order valence-corrected chi connectivity index (χ3v) is 1.97. The van der Waals surface area contributed by atoms with Crippen LogP contribution in [0.3, 0.4) is 0 Å². The lowest BCUT2D eigenvalue weighted by Gasteiger charge is -2.27. The third-order valence-electron chi connectivity index (χ3n) is 1.97. The first kappa shape index (κ1) is 7.03. The zero-order valence-electron chi connectivity index (χ0n) is 5.93. The van der Waals surface area contributed by atoms with Gasteiger partial charge in [-0.05, 0) is 0 Å². The summed E-state index contributed by atoms with van der Waals surface area (Å²) in [5.74, 6) is 0.677. The molecule has 9 heavy (non-hydrogen) atoms. The molecule has 0 spiro atoms. The number of nitrogens with one attached hydrogen (secondary N) is 1. The van der Waals surface area contributed by atoms with Gasteiger partial charge < -0.3 is 10.1 Å². The third kappa shape index (κ3) is 1.66. The van der Waals surface area contributed by atoms with Crippen molar-refractivity contribution in [3.8, 4) is 0 Å². The monoisotopic (exact) mass is 129 g/mol. The molecule has 2 heteroatoms. The molecule has 0 aromatic heterocycles. The molecule has 1 heterocycles. The lowest BCUT2D eigenvalue weighted by Crippen LogP contribution is -2.40. The number of hydrogen-bond donors (Lipinski definition) is 1. The van der Waals surface area contributed by atoms with Crippen molar-refractivity contribution in [3.63, 3.8) is 0 Å². The van der Waals surface area contributed by atoms with Crippen molar-refractivity contribution >= 4 is 0 Å². The van der Waals surface area contributed by atoms with E-state index < -0.39 is 0 Å². The first-order valence-corrected chi connectivity index (χ1v) is 3.51. The average molecular weight is 129 g/mol. The summed E-state index contributed by atoms with van der Waals surface area (Å²) < 4.78 is 4.04. The summed E-state index contributed by atoms with van der Waals surface area (Å²) in [5, 5.41) is 3.31. The van der Waals surface area contributed by atoms with Crippen LogP contribution >= 0.6 is 0 Å². The maximum atomic E-state index is 4.04. The quantitative estimate of drug-likeness (QED) is 0.400. The highest BCUT2D eigenvalue weighted by Crippen LogP contribution is 2.11. The van der Waals surface area contributed by atoms with E-state index in [0.29, 0.717) is 12.0 Å². The minimum Gasteiger partial charge on any atom is -0.579 e. The van der Waals surface area contributed by atoms with E-state index in [9.17, 15) is 0 Å². The first-order valence-electron chi connectivity index (χ1n) is 3.51. The zero-order chi connectivity index (χ0) is 6.69. The molecule has 2 atom stereocenters. The highest BCUT2D eigenvalue weighted by Gasteiger charge is 2.21. The lowest BCUT2D eigenvalue weighted by atomic mass is 9.98. The minimum absolute atomic E-state index is 0.506. The molecule has 0 radical (unpaired) electrons. The van der Waals surface area contributed by atoms with Crippen LogP contribution < -0.4 is 5.32 Å². The highest BCUT2D eigenvalue weighted by molar-refractivity contribution is 4.74. The Morgan fingerprint density at radius 1 is 1.67 bits per heavy atom. The smallest absolute Gasteiger partial charge is 0.134 e. The Bertz CT molecular complexity index is 85.0. The Balaban J connectivity index is 2.30. The summed E-state index contributed by atoms with van der Waals surface area (Å²) in [7, 11) is 3.56. The van der Waals surface area contributed by atoms with Crippen molar-refractivity contribution in [2.45, 2.75) is 19.4 Å². The lowest BCUT2D eigenvalue weighted by molar-refractivity contribution is -0.0691. The van der Waals surface area contributed by atoms with E-state index in [1.165, 1.54) is 0 Å². The summed E-state index contributed by atoms with van der Waals surface area (Å²) in [4.78, 5) is 0. The van der Waals surface area contributed by atoms with Crippen LogP contribution in [0.4, 0.5) is 0 Å². The summed E-state index contributed by atoms with van der Waals surface area (Å²) >= 11 is 0. The molecule has 0 saturated carbocycles. The van der Waals surface area contributed by atoms with Gasteiger partial charge in [0.05, 0.1) is 0 Å². The second-order valence-electron chi connectivity index (χ2n) is 2.72. The Labute approximate surface area is 56.6 Å². The van der Waals surface area contributed by atoms with Gasteiger partial charge in [0.15, 0.2) is 0 Å². The minimum atomic E-state index is 0.506. The largest absolute Gasteiger partial charge is 0.579 e. The molecule has 0 amide bonds. The molecule has 2 unspecified atom stereocenters. The van der Waals surface area contributed by atoms with E-state index in [1.54, 1.807) is 0 Å². The Hall–Kier alpha value is -0.0800. The Morgan fingerprint density at radius 2 is 2.44 bits per heavy atom. The van der Waals surface area contributed by atoms with E-state index >= 15 is 0 Å². The molecule has 0 aromatic rings. The van der Waals surface area contributed by atoms with E-state index in [0.717, 1.165) is 19.5 Å². The van der Waals surface area contributed by atoms with Crippen molar-refractivity contribution in [3.05, 3.63) is 7.11 Å². The van der Waals surface area contributed by atoms with Crippen LogP contribution in [0.15, 0.2) is 0 Å². The summed E-state index contributed by atoms with van der Waals surface area (Å²) in [6.07, 6.45) is 1.66. The van der Waals surface area contributed by atoms with Crippen LogP contribution in [0, 0.1) is 13.0 Å². The van der Waals surface area contributed by atoms with E-state index in [1.807, 2.05) is 0 Å². The van der Waals surface area contributed by atoms with Gasteiger partial charge in [0.25, 0.3) is 0 Å². The number of hydrogen-bond acceptors (Lipinski definition) is 1. The van der Waals surface area contributed by atoms with E-state index in [4.69, 9.17) is 0 Å².